The van der Waals surface area contributed by atoms with Gasteiger partial charge in [0.1, 0.15) is 12.2 Å². The lowest BCUT2D eigenvalue weighted by molar-refractivity contribution is 0.0192. The number of nitrogens with zero attached hydrogens (tertiary/aromatic N) is 4. The van der Waals surface area contributed by atoms with Gasteiger partial charge in [-0.1, -0.05) is 12.1 Å². The second-order valence-electron chi connectivity index (χ2n) is 9.41. The maximum atomic E-state index is 12.5. The summed E-state index contributed by atoms with van der Waals surface area (Å²) in [4.78, 5) is 25.5. The molecule has 2 unspecified atom stereocenters. The van der Waals surface area contributed by atoms with Gasteiger partial charge in [0.05, 0.1) is 17.3 Å². The van der Waals surface area contributed by atoms with Crippen molar-refractivity contribution >= 4 is 21.9 Å². The number of anilines is 1. The standard InChI is InChI=1S/C23H32N4O5S/c1-16-13-26(22(28)32-23(3,4)5)14-17(2)27(16)21-24-11-19(12-25-21)31-15-18-7-9-20(10-8-18)33(6,29)30/h7-12,16-17H,13-15H2,1-6H3. The Balaban J connectivity index is 1.60. The molecule has 180 valence electrons. The molecule has 0 spiro atoms. The summed E-state index contributed by atoms with van der Waals surface area (Å²) in [5.41, 5.74) is 0.307. The molecule has 0 bridgehead atoms. The number of amides is 1. The van der Waals surface area contributed by atoms with Gasteiger partial charge in [-0.2, -0.15) is 0 Å². The quantitative estimate of drug-likeness (QED) is 0.648. The van der Waals surface area contributed by atoms with E-state index in [4.69, 9.17) is 9.47 Å². The Labute approximate surface area is 195 Å². The molecule has 9 nitrogen and oxygen atoms in total. The van der Waals surface area contributed by atoms with Crippen molar-refractivity contribution in [3.05, 3.63) is 42.2 Å². The van der Waals surface area contributed by atoms with Crippen molar-refractivity contribution in [2.24, 2.45) is 0 Å². The normalized spacial score (nSPS) is 19.3. The first-order valence-electron chi connectivity index (χ1n) is 10.8. The topological polar surface area (TPSA) is 102 Å². The molecule has 0 N–H and O–H groups in total. The Morgan fingerprint density at radius 2 is 1.61 bits per heavy atom. The van der Waals surface area contributed by atoms with Crippen molar-refractivity contribution in [3.8, 4) is 5.75 Å². The van der Waals surface area contributed by atoms with Crippen molar-refractivity contribution in [2.45, 2.75) is 63.8 Å². The van der Waals surface area contributed by atoms with E-state index >= 15 is 0 Å². The van der Waals surface area contributed by atoms with Crippen LogP contribution in [0.1, 0.15) is 40.2 Å². The summed E-state index contributed by atoms with van der Waals surface area (Å²) >= 11 is 0. The fraction of sp³-hybridized carbons (Fsp3) is 0.522. The highest BCUT2D eigenvalue weighted by atomic mass is 32.2. The number of rotatable bonds is 5. The third-order valence-electron chi connectivity index (χ3n) is 5.17. The van der Waals surface area contributed by atoms with Crippen LogP contribution in [0.3, 0.4) is 0 Å². The van der Waals surface area contributed by atoms with Crippen molar-refractivity contribution in [1.29, 1.82) is 0 Å². The van der Waals surface area contributed by atoms with E-state index in [1.54, 1.807) is 41.6 Å². The van der Waals surface area contributed by atoms with Gasteiger partial charge in [-0.15, -0.1) is 0 Å². The average molecular weight is 477 g/mol. The van der Waals surface area contributed by atoms with E-state index in [1.165, 1.54) is 6.26 Å². The van der Waals surface area contributed by atoms with Gasteiger partial charge in [0.15, 0.2) is 15.6 Å². The van der Waals surface area contributed by atoms with Crippen LogP contribution in [0.4, 0.5) is 10.7 Å². The van der Waals surface area contributed by atoms with Crippen LogP contribution in [0.15, 0.2) is 41.6 Å². The molecular weight excluding hydrogens is 444 g/mol. The first-order valence-corrected chi connectivity index (χ1v) is 12.7. The molecule has 2 atom stereocenters. The van der Waals surface area contributed by atoms with E-state index in [0.29, 0.717) is 24.8 Å². The second-order valence-corrected chi connectivity index (χ2v) is 11.4. The first-order chi connectivity index (χ1) is 15.3. The summed E-state index contributed by atoms with van der Waals surface area (Å²) in [5.74, 6) is 1.09. The van der Waals surface area contributed by atoms with Crippen LogP contribution < -0.4 is 9.64 Å². The summed E-state index contributed by atoms with van der Waals surface area (Å²) in [7, 11) is -3.22. The average Bonchev–Trinajstić information content (AvgIpc) is 2.71. The minimum atomic E-state index is -3.22. The molecule has 1 saturated heterocycles. The second kappa shape index (κ2) is 9.54. The highest BCUT2D eigenvalue weighted by molar-refractivity contribution is 7.90. The zero-order valence-corrected chi connectivity index (χ0v) is 20.8. The Morgan fingerprint density at radius 3 is 2.09 bits per heavy atom. The predicted molar refractivity (Wildman–Crippen MR) is 125 cm³/mol. The van der Waals surface area contributed by atoms with Crippen LogP contribution in [-0.4, -0.2) is 66.4 Å². The van der Waals surface area contributed by atoms with Gasteiger partial charge in [0.2, 0.25) is 5.95 Å². The molecule has 33 heavy (non-hydrogen) atoms. The molecule has 1 aliphatic heterocycles. The molecule has 1 aromatic carbocycles. The third kappa shape index (κ3) is 6.56. The van der Waals surface area contributed by atoms with Gasteiger partial charge in [0.25, 0.3) is 0 Å². The molecule has 2 heterocycles. The number of aromatic nitrogens is 2. The Kier molecular flexibility index (Phi) is 7.16. The van der Waals surface area contributed by atoms with E-state index < -0.39 is 15.4 Å². The smallest absolute Gasteiger partial charge is 0.410 e. The number of carbonyl (C=O) groups excluding carboxylic acids is 1. The van der Waals surface area contributed by atoms with Crippen molar-refractivity contribution < 1.29 is 22.7 Å². The predicted octanol–water partition coefficient (Wildman–Crippen LogP) is 3.29. The number of ether oxygens (including phenoxy) is 2. The van der Waals surface area contributed by atoms with E-state index in [9.17, 15) is 13.2 Å². The monoisotopic (exact) mass is 476 g/mol. The summed E-state index contributed by atoms with van der Waals surface area (Å²) in [6.07, 6.45) is 4.10. The lowest BCUT2D eigenvalue weighted by atomic mass is 10.1. The molecule has 1 amide bonds. The Bertz CT molecular complexity index is 1050. The minimum absolute atomic E-state index is 0.0152. The van der Waals surface area contributed by atoms with Crippen molar-refractivity contribution in [1.82, 2.24) is 14.9 Å². The third-order valence-corrected chi connectivity index (χ3v) is 6.30. The first kappa shape index (κ1) is 24.8. The van der Waals surface area contributed by atoms with Crippen LogP contribution >= 0.6 is 0 Å². The number of hydrogen-bond acceptors (Lipinski definition) is 8. The fourth-order valence-electron chi connectivity index (χ4n) is 3.71. The van der Waals surface area contributed by atoms with Gasteiger partial charge >= 0.3 is 6.09 Å². The zero-order valence-electron chi connectivity index (χ0n) is 20.0. The molecule has 1 fully saturated rings. The number of sulfone groups is 1. The van der Waals surface area contributed by atoms with Gasteiger partial charge in [-0.25, -0.2) is 23.2 Å². The molecule has 0 aliphatic carbocycles. The number of piperazine rings is 1. The Hall–Kier alpha value is -2.88. The lowest BCUT2D eigenvalue weighted by Crippen LogP contribution is -2.59. The van der Waals surface area contributed by atoms with E-state index in [1.807, 2.05) is 34.6 Å². The molecule has 2 aromatic rings. The van der Waals surface area contributed by atoms with E-state index in [0.717, 1.165) is 5.56 Å². The summed E-state index contributed by atoms with van der Waals surface area (Å²) in [5, 5.41) is 0. The molecule has 1 aromatic heterocycles. The van der Waals surface area contributed by atoms with E-state index in [-0.39, 0.29) is 29.7 Å². The fourth-order valence-corrected chi connectivity index (χ4v) is 4.34. The Morgan fingerprint density at radius 1 is 1.06 bits per heavy atom. The van der Waals surface area contributed by atoms with Gasteiger partial charge in [0, 0.05) is 31.4 Å². The van der Waals surface area contributed by atoms with Gasteiger partial charge in [-0.05, 0) is 52.3 Å². The molecule has 10 heteroatoms. The van der Waals surface area contributed by atoms with Crippen LogP contribution in [0.5, 0.6) is 5.75 Å². The summed E-state index contributed by atoms with van der Waals surface area (Å²) in [6.45, 7) is 10.9. The number of hydrogen-bond donors (Lipinski definition) is 0. The molecular formula is C23H32N4O5S. The number of benzene rings is 1. The number of carbonyl (C=O) groups is 1. The summed E-state index contributed by atoms with van der Waals surface area (Å²) in [6, 6.07) is 6.60. The SMILES string of the molecule is CC1CN(C(=O)OC(C)(C)C)CC(C)N1c1ncc(OCc2ccc(S(C)(=O)=O)cc2)cn1. The van der Waals surface area contributed by atoms with Crippen LogP contribution in [0.2, 0.25) is 0 Å². The van der Waals surface area contributed by atoms with Crippen LogP contribution in [0.25, 0.3) is 0 Å². The maximum absolute atomic E-state index is 12.5. The van der Waals surface area contributed by atoms with Crippen LogP contribution in [0, 0.1) is 0 Å². The highest BCUT2D eigenvalue weighted by Crippen LogP contribution is 2.24. The molecule has 1 aliphatic rings. The van der Waals surface area contributed by atoms with Gasteiger partial charge in [-0.3, -0.25) is 0 Å². The van der Waals surface area contributed by atoms with Crippen molar-refractivity contribution in [2.75, 3.05) is 24.2 Å². The minimum Gasteiger partial charge on any atom is -0.486 e. The van der Waals surface area contributed by atoms with E-state index in [2.05, 4.69) is 14.9 Å². The molecule has 0 radical (unpaired) electrons. The summed E-state index contributed by atoms with van der Waals surface area (Å²) < 4.78 is 34.4. The van der Waals surface area contributed by atoms with Crippen molar-refractivity contribution in [3.63, 3.8) is 0 Å². The lowest BCUT2D eigenvalue weighted by Gasteiger charge is -2.44. The largest absolute Gasteiger partial charge is 0.486 e. The molecule has 0 saturated carbocycles. The van der Waals surface area contributed by atoms with Crippen LogP contribution in [-0.2, 0) is 21.2 Å². The maximum Gasteiger partial charge on any atom is 0.410 e. The van der Waals surface area contributed by atoms with Gasteiger partial charge < -0.3 is 19.3 Å². The zero-order chi connectivity index (χ0) is 24.4. The highest BCUT2D eigenvalue weighted by Gasteiger charge is 2.35. The molecule has 3 rings (SSSR count).